The summed E-state index contributed by atoms with van der Waals surface area (Å²) in [5, 5.41) is 8.18. The van der Waals surface area contributed by atoms with E-state index in [0.717, 1.165) is 18.7 Å². The van der Waals surface area contributed by atoms with Gasteiger partial charge in [-0.2, -0.15) is 0 Å². The summed E-state index contributed by atoms with van der Waals surface area (Å²) in [5.41, 5.74) is 1.11. The van der Waals surface area contributed by atoms with Crippen molar-refractivity contribution in [3.05, 3.63) is 33.8 Å². The molecule has 0 bridgehead atoms. The number of benzene rings is 1. The molecule has 0 amide bonds. The van der Waals surface area contributed by atoms with Gasteiger partial charge in [0, 0.05) is 35.2 Å². The summed E-state index contributed by atoms with van der Waals surface area (Å²) in [6.45, 7) is 8.17. The van der Waals surface area contributed by atoms with E-state index < -0.39 is 0 Å². The summed E-state index contributed by atoms with van der Waals surface area (Å²) in [6, 6.07) is 6.54. The molecule has 1 atom stereocenters. The highest BCUT2D eigenvalue weighted by molar-refractivity contribution is 6.34. The van der Waals surface area contributed by atoms with Crippen LogP contribution in [0.5, 0.6) is 0 Å². The summed E-state index contributed by atoms with van der Waals surface area (Å²) < 4.78 is 0. The lowest BCUT2D eigenvalue weighted by Crippen LogP contribution is -2.38. The Labute approximate surface area is 114 Å². The Balaban J connectivity index is 2.39. The van der Waals surface area contributed by atoms with Crippen LogP contribution in [0.4, 0.5) is 0 Å². The van der Waals surface area contributed by atoms with Crippen molar-refractivity contribution in [3.63, 3.8) is 0 Å². The second-order valence-corrected chi connectivity index (χ2v) is 5.50. The van der Waals surface area contributed by atoms with Gasteiger partial charge in [0.2, 0.25) is 0 Å². The summed E-state index contributed by atoms with van der Waals surface area (Å²) in [7, 11) is 0. The third-order valence-corrected chi connectivity index (χ3v) is 2.85. The molecule has 96 valence electrons. The Morgan fingerprint density at radius 2 is 1.59 bits per heavy atom. The summed E-state index contributed by atoms with van der Waals surface area (Å²) in [4.78, 5) is 0. The van der Waals surface area contributed by atoms with Gasteiger partial charge in [-0.15, -0.1) is 0 Å². The molecule has 1 rings (SSSR count). The Kier molecular flexibility index (Phi) is 6.28. The van der Waals surface area contributed by atoms with E-state index in [4.69, 9.17) is 23.2 Å². The van der Waals surface area contributed by atoms with Crippen molar-refractivity contribution >= 4 is 23.2 Å². The maximum atomic E-state index is 5.94. The second-order valence-electron chi connectivity index (χ2n) is 4.62. The zero-order valence-corrected chi connectivity index (χ0v) is 12.1. The van der Waals surface area contributed by atoms with Gasteiger partial charge in [-0.25, -0.2) is 0 Å². The van der Waals surface area contributed by atoms with Crippen molar-refractivity contribution in [3.8, 4) is 0 Å². The number of rotatable bonds is 6. The molecule has 0 aromatic heterocycles. The highest BCUT2D eigenvalue weighted by atomic mass is 35.5. The van der Waals surface area contributed by atoms with E-state index >= 15 is 0 Å². The zero-order valence-electron chi connectivity index (χ0n) is 10.6. The topological polar surface area (TPSA) is 24.1 Å². The van der Waals surface area contributed by atoms with Crippen LogP contribution in [0.1, 0.15) is 26.3 Å². The SMILES string of the molecule is CC(C)NCC(C)NCc1cc(Cl)cc(Cl)c1. The maximum Gasteiger partial charge on any atom is 0.0424 e. The fourth-order valence-corrected chi connectivity index (χ4v) is 2.06. The summed E-state index contributed by atoms with van der Waals surface area (Å²) in [6.07, 6.45) is 0. The number of hydrogen-bond donors (Lipinski definition) is 2. The van der Waals surface area contributed by atoms with Crippen molar-refractivity contribution in [2.24, 2.45) is 0 Å². The largest absolute Gasteiger partial charge is 0.313 e. The quantitative estimate of drug-likeness (QED) is 0.830. The molecule has 1 aromatic rings. The molecule has 17 heavy (non-hydrogen) atoms. The fraction of sp³-hybridized carbons (Fsp3) is 0.538. The van der Waals surface area contributed by atoms with Crippen LogP contribution >= 0.6 is 23.2 Å². The average molecular weight is 275 g/mol. The van der Waals surface area contributed by atoms with Crippen LogP contribution in [-0.4, -0.2) is 18.6 Å². The molecule has 0 saturated carbocycles. The van der Waals surface area contributed by atoms with Crippen molar-refractivity contribution in [2.75, 3.05) is 6.54 Å². The van der Waals surface area contributed by atoms with Crippen molar-refractivity contribution in [1.82, 2.24) is 10.6 Å². The fourth-order valence-electron chi connectivity index (χ4n) is 1.49. The smallest absolute Gasteiger partial charge is 0.0424 e. The van der Waals surface area contributed by atoms with Crippen molar-refractivity contribution < 1.29 is 0 Å². The van der Waals surface area contributed by atoms with E-state index in [-0.39, 0.29) is 0 Å². The molecular weight excluding hydrogens is 255 g/mol. The van der Waals surface area contributed by atoms with E-state index in [9.17, 15) is 0 Å². The molecule has 1 aromatic carbocycles. The van der Waals surface area contributed by atoms with Gasteiger partial charge in [0.15, 0.2) is 0 Å². The second kappa shape index (κ2) is 7.22. The van der Waals surface area contributed by atoms with Gasteiger partial charge in [0.1, 0.15) is 0 Å². The molecule has 0 heterocycles. The summed E-state index contributed by atoms with van der Waals surface area (Å²) in [5.74, 6) is 0. The predicted molar refractivity (Wildman–Crippen MR) is 75.9 cm³/mol. The minimum absolute atomic E-state index is 0.412. The van der Waals surface area contributed by atoms with E-state index in [0.29, 0.717) is 22.1 Å². The van der Waals surface area contributed by atoms with Crippen LogP contribution in [0.2, 0.25) is 10.0 Å². The zero-order chi connectivity index (χ0) is 12.8. The van der Waals surface area contributed by atoms with Crippen LogP contribution in [0.15, 0.2) is 18.2 Å². The molecule has 0 aliphatic carbocycles. The van der Waals surface area contributed by atoms with Gasteiger partial charge in [-0.1, -0.05) is 37.0 Å². The minimum atomic E-state index is 0.412. The van der Waals surface area contributed by atoms with Crippen LogP contribution in [0, 0.1) is 0 Å². The van der Waals surface area contributed by atoms with E-state index in [1.54, 1.807) is 6.07 Å². The van der Waals surface area contributed by atoms with Crippen molar-refractivity contribution in [1.29, 1.82) is 0 Å². The standard InChI is InChI=1S/C13H20Cl2N2/c1-9(2)16-7-10(3)17-8-11-4-12(14)6-13(15)5-11/h4-6,9-10,16-17H,7-8H2,1-3H3. The van der Waals surface area contributed by atoms with Gasteiger partial charge >= 0.3 is 0 Å². The van der Waals surface area contributed by atoms with E-state index in [1.165, 1.54) is 0 Å². The number of nitrogens with one attached hydrogen (secondary N) is 2. The highest BCUT2D eigenvalue weighted by Crippen LogP contribution is 2.18. The van der Waals surface area contributed by atoms with Gasteiger partial charge in [0.05, 0.1) is 0 Å². The lowest BCUT2D eigenvalue weighted by molar-refractivity contribution is 0.474. The number of halogens is 2. The van der Waals surface area contributed by atoms with Gasteiger partial charge < -0.3 is 10.6 Å². The first-order chi connectivity index (χ1) is 7.97. The first-order valence-electron chi connectivity index (χ1n) is 5.89. The minimum Gasteiger partial charge on any atom is -0.313 e. The predicted octanol–water partition coefficient (Wildman–Crippen LogP) is 3.47. The lowest BCUT2D eigenvalue weighted by atomic mass is 10.2. The third-order valence-electron chi connectivity index (χ3n) is 2.41. The Bertz CT molecular complexity index is 333. The van der Waals surface area contributed by atoms with E-state index in [1.807, 2.05) is 12.1 Å². The molecule has 0 aliphatic heterocycles. The molecule has 0 saturated heterocycles. The maximum absolute atomic E-state index is 5.94. The average Bonchev–Trinajstić information content (AvgIpc) is 2.22. The monoisotopic (exact) mass is 274 g/mol. The molecule has 4 heteroatoms. The third kappa shape index (κ3) is 6.27. The molecular formula is C13H20Cl2N2. The number of hydrogen-bond acceptors (Lipinski definition) is 2. The molecule has 0 radical (unpaired) electrons. The van der Waals surface area contributed by atoms with Crippen LogP contribution in [-0.2, 0) is 6.54 Å². The van der Waals surface area contributed by atoms with Gasteiger partial charge in [-0.05, 0) is 30.7 Å². The molecule has 2 nitrogen and oxygen atoms in total. The first kappa shape index (κ1) is 14.8. The van der Waals surface area contributed by atoms with E-state index in [2.05, 4.69) is 31.4 Å². The van der Waals surface area contributed by atoms with Crippen LogP contribution in [0.3, 0.4) is 0 Å². The van der Waals surface area contributed by atoms with Crippen LogP contribution in [0.25, 0.3) is 0 Å². The lowest BCUT2D eigenvalue weighted by Gasteiger charge is -2.16. The Hall–Kier alpha value is -0.280. The molecule has 0 spiro atoms. The molecule has 2 N–H and O–H groups in total. The molecule has 0 fully saturated rings. The van der Waals surface area contributed by atoms with Gasteiger partial charge in [0.25, 0.3) is 0 Å². The van der Waals surface area contributed by atoms with Crippen molar-refractivity contribution in [2.45, 2.75) is 39.4 Å². The highest BCUT2D eigenvalue weighted by Gasteiger charge is 2.03. The van der Waals surface area contributed by atoms with Gasteiger partial charge in [-0.3, -0.25) is 0 Å². The summed E-state index contributed by atoms with van der Waals surface area (Å²) >= 11 is 11.9. The molecule has 0 aliphatic rings. The normalized spacial score (nSPS) is 13.1. The Morgan fingerprint density at radius 1 is 1.00 bits per heavy atom. The van der Waals surface area contributed by atoms with Crippen LogP contribution < -0.4 is 10.6 Å². The first-order valence-corrected chi connectivity index (χ1v) is 6.64. The molecule has 1 unspecified atom stereocenters. The Morgan fingerprint density at radius 3 is 2.12 bits per heavy atom.